The maximum atomic E-state index is 10.8. The Morgan fingerprint density at radius 3 is 2.67 bits per heavy atom. The van der Waals surface area contributed by atoms with Crippen LogP contribution in [0.2, 0.25) is 0 Å². The molecule has 2 unspecified atom stereocenters. The SMILES string of the molecule is CCOC(OC)c1ccc(C(C)N(O)C(N)=O)o1. The number of hydrogen-bond donors (Lipinski definition) is 2. The fourth-order valence-electron chi connectivity index (χ4n) is 1.45. The summed E-state index contributed by atoms with van der Waals surface area (Å²) in [6.45, 7) is 3.88. The number of hydroxylamine groups is 2. The third-order valence-corrected chi connectivity index (χ3v) is 2.42. The van der Waals surface area contributed by atoms with Crippen LogP contribution >= 0.6 is 0 Å². The first-order chi connectivity index (χ1) is 8.51. The van der Waals surface area contributed by atoms with Gasteiger partial charge in [0.25, 0.3) is 0 Å². The third-order valence-electron chi connectivity index (χ3n) is 2.42. The highest BCUT2D eigenvalue weighted by molar-refractivity contribution is 5.70. The predicted molar refractivity (Wildman–Crippen MR) is 61.7 cm³/mol. The molecule has 1 aromatic heterocycles. The molecule has 7 nitrogen and oxygen atoms in total. The Morgan fingerprint density at radius 2 is 2.17 bits per heavy atom. The Bertz CT molecular complexity index is 393. The number of carbonyl (C=O) groups excluding carboxylic acids is 1. The van der Waals surface area contributed by atoms with E-state index in [1.54, 1.807) is 19.1 Å². The van der Waals surface area contributed by atoms with Gasteiger partial charge in [0.1, 0.15) is 11.8 Å². The molecule has 0 spiro atoms. The van der Waals surface area contributed by atoms with Crippen molar-refractivity contribution < 1.29 is 23.9 Å². The summed E-state index contributed by atoms with van der Waals surface area (Å²) in [5, 5.41) is 9.79. The van der Waals surface area contributed by atoms with E-state index in [-0.39, 0.29) is 0 Å². The lowest BCUT2D eigenvalue weighted by Crippen LogP contribution is -2.34. The Morgan fingerprint density at radius 1 is 1.56 bits per heavy atom. The fraction of sp³-hybridized carbons (Fsp3) is 0.545. The van der Waals surface area contributed by atoms with Crippen LogP contribution in [0.1, 0.15) is 37.7 Å². The van der Waals surface area contributed by atoms with E-state index in [1.807, 2.05) is 6.92 Å². The summed E-state index contributed by atoms with van der Waals surface area (Å²) in [5.41, 5.74) is 4.96. The van der Waals surface area contributed by atoms with Gasteiger partial charge in [0.2, 0.25) is 6.29 Å². The van der Waals surface area contributed by atoms with Gasteiger partial charge >= 0.3 is 6.03 Å². The van der Waals surface area contributed by atoms with E-state index in [1.165, 1.54) is 7.11 Å². The van der Waals surface area contributed by atoms with Gasteiger partial charge < -0.3 is 19.6 Å². The van der Waals surface area contributed by atoms with Crippen LogP contribution in [-0.4, -0.2) is 30.0 Å². The van der Waals surface area contributed by atoms with Gasteiger partial charge in [0.05, 0.1) is 0 Å². The van der Waals surface area contributed by atoms with Crippen LogP contribution in [0.25, 0.3) is 0 Å². The first-order valence-electron chi connectivity index (χ1n) is 5.52. The van der Waals surface area contributed by atoms with Crippen LogP contribution in [-0.2, 0) is 9.47 Å². The molecule has 1 aromatic rings. The highest BCUT2D eigenvalue weighted by Gasteiger charge is 2.22. The molecule has 7 heteroatoms. The molecule has 1 rings (SSSR count). The van der Waals surface area contributed by atoms with Crippen LogP contribution in [0.3, 0.4) is 0 Å². The van der Waals surface area contributed by atoms with Gasteiger partial charge in [-0.3, -0.25) is 5.21 Å². The van der Waals surface area contributed by atoms with Crippen molar-refractivity contribution in [2.75, 3.05) is 13.7 Å². The summed E-state index contributed by atoms with van der Waals surface area (Å²) >= 11 is 0. The first kappa shape index (κ1) is 14.5. The average molecular weight is 258 g/mol. The van der Waals surface area contributed by atoms with Gasteiger partial charge in [0.15, 0.2) is 5.76 Å². The van der Waals surface area contributed by atoms with Gasteiger partial charge in [-0.05, 0) is 26.0 Å². The zero-order valence-electron chi connectivity index (χ0n) is 10.6. The lowest BCUT2D eigenvalue weighted by atomic mass is 10.2. The molecule has 2 amide bonds. The van der Waals surface area contributed by atoms with Crippen molar-refractivity contribution in [3.63, 3.8) is 0 Å². The number of primary amides is 1. The second kappa shape index (κ2) is 6.39. The highest BCUT2D eigenvalue weighted by Crippen LogP contribution is 2.26. The Labute approximate surface area is 105 Å². The molecule has 0 aliphatic heterocycles. The highest BCUT2D eigenvalue weighted by atomic mass is 16.7. The van der Waals surface area contributed by atoms with E-state index < -0.39 is 18.4 Å². The number of amides is 2. The average Bonchev–Trinajstić information content (AvgIpc) is 2.83. The molecule has 102 valence electrons. The number of rotatable bonds is 6. The van der Waals surface area contributed by atoms with Crippen molar-refractivity contribution in [3.8, 4) is 0 Å². The largest absolute Gasteiger partial charge is 0.458 e. The molecule has 0 saturated heterocycles. The van der Waals surface area contributed by atoms with Gasteiger partial charge in [-0.25, -0.2) is 4.79 Å². The molecular weight excluding hydrogens is 240 g/mol. The summed E-state index contributed by atoms with van der Waals surface area (Å²) in [4.78, 5) is 10.8. The molecule has 0 fully saturated rings. The monoisotopic (exact) mass is 258 g/mol. The van der Waals surface area contributed by atoms with Gasteiger partial charge in [-0.1, -0.05) is 0 Å². The lowest BCUT2D eigenvalue weighted by Gasteiger charge is -2.18. The number of nitrogens with two attached hydrogens (primary N) is 1. The van der Waals surface area contributed by atoms with Crippen molar-refractivity contribution in [1.82, 2.24) is 5.06 Å². The Hall–Kier alpha value is -1.57. The summed E-state index contributed by atoms with van der Waals surface area (Å²) < 4.78 is 15.9. The Kier molecular flexibility index (Phi) is 5.14. The topological polar surface area (TPSA) is 98.2 Å². The van der Waals surface area contributed by atoms with E-state index >= 15 is 0 Å². The quantitative estimate of drug-likeness (QED) is 0.460. The van der Waals surface area contributed by atoms with Crippen LogP contribution < -0.4 is 5.73 Å². The number of furan rings is 1. The van der Waals surface area contributed by atoms with E-state index in [2.05, 4.69) is 0 Å². The van der Waals surface area contributed by atoms with Gasteiger partial charge in [-0.15, -0.1) is 0 Å². The van der Waals surface area contributed by atoms with E-state index in [9.17, 15) is 10.0 Å². The zero-order chi connectivity index (χ0) is 13.7. The maximum absolute atomic E-state index is 10.8. The molecule has 0 saturated carbocycles. The van der Waals surface area contributed by atoms with E-state index in [4.69, 9.17) is 19.6 Å². The molecule has 0 aliphatic rings. The second-order valence-corrected chi connectivity index (χ2v) is 3.62. The summed E-state index contributed by atoms with van der Waals surface area (Å²) in [6.07, 6.45) is -0.614. The molecular formula is C11H18N2O5. The number of nitrogens with zero attached hydrogens (tertiary/aromatic N) is 1. The first-order valence-corrected chi connectivity index (χ1v) is 5.52. The van der Waals surface area contributed by atoms with Crippen molar-refractivity contribution in [2.24, 2.45) is 5.73 Å². The molecule has 18 heavy (non-hydrogen) atoms. The van der Waals surface area contributed by atoms with Crippen LogP contribution in [0.15, 0.2) is 16.5 Å². The summed E-state index contributed by atoms with van der Waals surface area (Å²) in [6, 6.07) is 1.64. The summed E-state index contributed by atoms with van der Waals surface area (Å²) in [5.74, 6) is 0.840. The minimum absolute atomic E-state index is 0.382. The number of hydrogen-bond acceptors (Lipinski definition) is 5. The number of carbonyl (C=O) groups is 1. The number of ether oxygens (including phenoxy) is 2. The lowest BCUT2D eigenvalue weighted by molar-refractivity contribution is -0.136. The van der Waals surface area contributed by atoms with Crippen molar-refractivity contribution in [3.05, 3.63) is 23.7 Å². The standard InChI is InChI=1S/C11H18N2O5/c1-4-17-10(16-3)9-6-5-8(18-9)7(2)13(15)11(12)14/h5-7,10,15H,4H2,1-3H3,(H2,12,14). The Balaban J connectivity index is 2.81. The van der Waals surface area contributed by atoms with E-state index in [0.717, 1.165) is 0 Å². The molecule has 0 aromatic carbocycles. The maximum Gasteiger partial charge on any atom is 0.339 e. The van der Waals surface area contributed by atoms with E-state index in [0.29, 0.717) is 23.2 Å². The van der Waals surface area contributed by atoms with Crippen LogP contribution in [0.5, 0.6) is 0 Å². The molecule has 1 heterocycles. The summed E-state index contributed by atoms with van der Waals surface area (Å²) in [7, 11) is 1.49. The van der Waals surface area contributed by atoms with Crippen molar-refractivity contribution in [2.45, 2.75) is 26.2 Å². The molecule has 3 N–H and O–H groups in total. The molecule has 0 aliphatic carbocycles. The second-order valence-electron chi connectivity index (χ2n) is 3.62. The van der Waals surface area contributed by atoms with Crippen LogP contribution in [0.4, 0.5) is 4.79 Å². The fourth-order valence-corrected chi connectivity index (χ4v) is 1.45. The van der Waals surface area contributed by atoms with Crippen LogP contribution in [0, 0.1) is 0 Å². The normalized spacial score (nSPS) is 14.2. The molecule has 0 radical (unpaired) electrons. The van der Waals surface area contributed by atoms with Crippen molar-refractivity contribution >= 4 is 6.03 Å². The number of urea groups is 1. The third kappa shape index (κ3) is 3.22. The predicted octanol–water partition coefficient (Wildman–Crippen LogP) is 1.79. The van der Waals surface area contributed by atoms with Crippen molar-refractivity contribution in [1.29, 1.82) is 0 Å². The molecule has 0 bridgehead atoms. The minimum Gasteiger partial charge on any atom is -0.458 e. The smallest absolute Gasteiger partial charge is 0.339 e. The van der Waals surface area contributed by atoms with Gasteiger partial charge in [0, 0.05) is 13.7 Å². The number of methoxy groups -OCH3 is 1. The minimum atomic E-state index is -0.950. The van der Waals surface area contributed by atoms with Gasteiger partial charge in [-0.2, -0.15) is 5.06 Å². The zero-order valence-corrected chi connectivity index (χ0v) is 10.6. The molecule has 2 atom stereocenters.